The van der Waals surface area contributed by atoms with Gasteiger partial charge in [0.1, 0.15) is 0 Å². The van der Waals surface area contributed by atoms with Gasteiger partial charge in [0.2, 0.25) is 0 Å². The minimum Gasteiger partial charge on any atom is -0.294 e. The van der Waals surface area contributed by atoms with Gasteiger partial charge in [-0.05, 0) is 43.5 Å². The summed E-state index contributed by atoms with van der Waals surface area (Å²) in [4.78, 5) is 16.2. The lowest BCUT2D eigenvalue weighted by atomic mass is 10.00. The normalized spacial score (nSPS) is 10.3. The molecule has 0 unspecified atom stereocenters. The van der Waals surface area contributed by atoms with Crippen molar-refractivity contribution in [3.63, 3.8) is 0 Å². The molecule has 0 spiro atoms. The van der Waals surface area contributed by atoms with Gasteiger partial charge < -0.3 is 0 Å². The highest BCUT2D eigenvalue weighted by atomic mass is 16.1. The third kappa shape index (κ3) is 3.04. The van der Waals surface area contributed by atoms with Crippen molar-refractivity contribution < 1.29 is 4.79 Å². The fraction of sp³-hybridized carbons (Fsp3) is 0.250. The van der Waals surface area contributed by atoms with Crippen LogP contribution in [0.4, 0.5) is 0 Å². The first-order valence-corrected chi connectivity index (χ1v) is 6.17. The third-order valence-corrected chi connectivity index (χ3v) is 3.10. The van der Waals surface area contributed by atoms with E-state index in [4.69, 9.17) is 0 Å². The Kier molecular flexibility index (Phi) is 3.88. The van der Waals surface area contributed by atoms with Crippen molar-refractivity contribution in [3.05, 3.63) is 65.0 Å². The molecule has 0 saturated carbocycles. The second-order valence-corrected chi connectivity index (χ2v) is 4.54. The van der Waals surface area contributed by atoms with E-state index in [2.05, 4.69) is 24.0 Å². The molecular weight excluding hydrogens is 222 g/mol. The van der Waals surface area contributed by atoms with Gasteiger partial charge in [-0.1, -0.05) is 24.3 Å². The Hall–Kier alpha value is -1.96. The minimum atomic E-state index is 0.184. The fourth-order valence-corrected chi connectivity index (χ4v) is 2.00. The zero-order chi connectivity index (χ0) is 13.0. The number of rotatable bonds is 4. The van der Waals surface area contributed by atoms with Crippen LogP contribution < -0.4 is 0 Å². The van der Waals surface area contributed by atoms with Crippen molar-refractivity contribution in [1.29, 1.82) is 0 Å². The molecule has 0 aliphatic rings. The largest absolute Gasteiger partial charge is 0.294 e. The van der Waals surface area contributed by atoms with Gasteiger partial charge in [-0.25, -0.2) is 0 Å². The number of carbonyl (C=O) groups is 1. The second-order valence-electron chi connectivity index (χ2n) is 4.54. The number of benzene rings is 1. The Morgan fingerprint density at radius 3 is 2.67 bits per heavy atom. The summed E-state index contributed by atoms with van der Waals surface area (Å²) in [5, 5.41) is 0. The number of aromatic nitrogens is 1. The number of hydrogen-bond donors (Lipinski definition) is 0. The Labute approximate surface area is 108 Å². The van der Waals surface area contributed by atoms with E-state index in [-0.39, 0.29) is 5.78 Å². The van der Waals surface area contributed by atoms with E-state index >= 15 is 0 Å². The standard InChI is InChI=1S/C16H17NO/c1-12-5-3-4-6-14(12)7-8-16(18)15-9-10-17-13(2)11-15/h3-6,9-11H,7-8H2,1-2H3. The zero-order valence-electron chi connectivity index (χ0n) is 10.8. The van der Waals surface area contributed by atoms with Crippen LogP contribution in [0.5, 0.6) is 0 Å². The molecule has 2 aromatic rings. The van der Waals surface area contributed by atoms with Gasteiger partial charge in [0.05, 0.1) is 0 Å². The molecule has 0 bridgehead atoms. The fourth-order valence-electron chi connectivity index (χ4n) is 2.00. The number of Topliss-reactive ketones (excluding diaryl/α,β-unsaturated/α-hetero) is 1. The molecule has 0 aliphatic heterocycles. The van der Waals surface area contributed by atoms with E-state index in [1.165, 1.54) is 11.1 Å². The number of aryl methyl sites for hydroxylation is 3. The van der Waals surface area contributed by atoms with Gasteiger partial charge in [0, 0.05) is 23.9 Å². The van der Waals surface area contributed by atoms with Crippen molar-refractivity contribution in [2.45, 2.75) is 26.7 Å². The second kappa shape index (κ2) is 5.58. The summed E-state index contributed by atoms with van der Waals surface area (Å²) in [6.07, 6.45) is 3.04. The highest BCUT2D eigenvalue weighted by Gasteiger charge is 2.07. The Bertz CT molecular complexity index is 561. The summed E-state index contributed by atoms with van der Waals surface area (Å²) in [6.45, 7) is 3.98. The number of ketones is 1. The van der Waals surface area contributed by atoms with Gasteiger partial charge in [-0.3, -0.25) is 9.78 Å². The predicted molar refractivity (Wildman–Crippen MR) is 72.8 cm³/mol. The first-order chi connectivity index (χ1) is 8.66. The molecule has 1 aromatic carbocycles. The molecule has 0 saturated heterocycles. The lowest BCUT2D eigenvalue weighted by Crippen LogP contribution is -2.02. The Balaban J connectivity index is 2.03. The van der Waals surface area contributed by atoms with Crippen molar-refractivity contribution in [3.8, 4) is 0 Å². The molecule has 0 N–H and O–H groups in total. The molecule has 0 aliphatic carbocycles. The maximum Gasteiger partial charge on any atom is 0.163 e. The summed E-state index contributed by atoms with van der Waals surface area (Å²) < 4.78 is 0. The van der Waals surface area contributed by atoms with Crippen LogP contribution in [0.3, 0.4) is 0 Å². The van der Waals surface area contributed by atoms with E-state index in [9.17, 15) is 4.79 Å². The van der Waals surface area contributed by atoms with Crippen LogP contribution in [0.25, 0.3) is 0 Å². The van der Waals surface area contributed by atoms with Crippen LogP contribution in [0, 0.1) is 13.8 Å². The first-order valence-electron chi connectivity index (χ1n) is 6.17. The maximum atomic E-state index is 12.1. The van der Waals surface area contributed by atoms with Crippen molar-refractivity contribution in [2.24, 2.45) is 0 Å². The van der Waals surface area contributed by atoms with Crippen molar-refractivity contribution >= 4 is 5.78 Å². The van der Waals surface area contributed by atoms with Gasteiger partial charge in [-0.2, -0.15) is 0 Å². The monoisotopic (exact) mass is 239 g/mol. The highest BCUT2D eigenvalue weighted by molar-refractivity contribution is 5.96. The lowest BCUT2D eigenvalue weighted by Gasteiger charge is -2.05. The molecule has 0 atom stereocenters. The summed E-state index contributed by atoms with van der Waals surface area (Å²) in [5.41, 5.74) is 4.14. The van der Waals surface area contributed by atoms with E-state index in [0.717, 1.165) is 17.7 Å². The Morgan fingerprint density at radius 2 is 1.94 bits per heavy atom. The molecule has 2 nitrogen and oxygen atoms in total. The quantitative estimate of drug-likeness (QED) is 0.764. The molecule has 18 heavy (non-hydrogen) atoms. The van der Waals surface area contributed by atoms with Gasteiger partial charge in [-0.15, -0.1) is 0 Å². The minimum absolute atomic E-state index is 0.184. The summed E-state index contributed by atoms with van der Waals surface area (Å²) in [7, 11) is 0. The van der Waals surface area contributed by atoms with Crippen LogP contribution in [0.15, 0.2) is 42.6 Å². The van der Waals surface area contributed by atoms with E-state index < -0.39 is 0 Å². The lowest BCUT2D eigenvalue weighted by molar-refractivity contribution is 0.0982. The molecule has 0 radical (unpaired) electrons. The number of hydrogen-bond acceptors (Lipinski definition) is 2. The van der Waals surface area contributed by atoms with E-state index in [1.54, 1.807) is 12.3 Å². The topological polar surface area (TPSA) is 30.0 Å². The van der Waals surface area contributed by atoms with E-state index in [0.29, 0.717) is 6.42 Å². The molecule has 0 fully saturated rings. The van der Waals surface area contributed by atoms with Crippen LogP contribution in [-0.4, -0.2) is 10.8 Å². The molecule has 1 heterocycles. The molecule has 1 aromatic heterocycles. The summed E-state index contributed by atoms with van der Waals surface area (Å²) >= 11 is 0. The highest BCUT2D eigenvalue weighted by Crippen LogP contribution is 2.12. The predicted octanol–water partition coefficient (Wildman–Crippen LogP) is 3.51. The SMILES string of the molecule is Cc1cc(C(=O)CCc2ccccc2C)ccn1. The van der Waals surface area contributed by atoms with Gasteiger partial charge >= 0.3 is 0 Å². The molecular formula is C16H17NO. The number of carbonyl (C=O) groups excluding carboxylic acids is 1. The van der Waals surface area contributed by atoms with Crippen molar-refractivity contribution in [1.82, 2.24) is 4.98 Å². The summed E-state index contributed by atoms with van der Waals surface area (Å²) in [6, 6.07) is 11.8. The first kappa shape index (κ1) is 12.5. The van der Waals surface area contributed by atoms with Gasteiger partial charge in [0.15, 0.2) is 5.78 Å². The Morgan fingerprint density at radius 1 is 1.17 bits per heavy atom. The van der Waals surface area contributed by atoms with Crippen LogP contribution >= 0.6 is 0 Å². The molecule has 2 rings (SSSR count). The molecule has 0 amide bonds. The average Bonchev–Trinajstić information content (AvgIpc) is 2.37. The van der Waals surface area contributed by atoms with Crippen LogP contribution in [0.2, 0.25) is 0 Å². The zero-order valence-corrected chi connectivity index (χ0v) is 10.8. The van der Waals surface area contributed by atoms with Crippen LogP contribution in [0.1, 0.15) is 33.6 Å². The molecule has 92 valence electrons. The number of nitrogens with zero attached hydrogens (tertiary/aromatic N) is 1. The van der Waals surface area contributed by atoms with E-state index in [1.807, 2.05) is 25.1 Å². The average molecular weight is 239 g/mol. The van der Waals surface area contributed by atoms with Crippen molar-refractivity contribution in [2.75, 3.05) is 0 Å². The molecule has 2 heteroatoms. The third-order valence-electron chi connectivity index (χ3n) is 3.10. The number of pyridine rings is 1. The summed E-state index contributed by atoms with van der Waals surface area (Å²) in [5.74, 6) is 0.184. The van der Waals surface area contributed by atoms with Crippen LogP contribution in [-0.2, 0) is 6.42 Å². The maximum absolute atomic E-state index is 12.1. The van der Waals surface area contributed by atoms with Gasteiger partial charge in [0.25, 0.3) is 0 Å². The smallest absolute Gasteiger partial charge is 0.163 e.